The molecule has 3 unspecified atom stereocenters. The minimum absolute atomic E-state index is 0.189. The van der Waals surface area contributed by atoms with Crippen LogP contribution in [0.15, 0.2) is 0 Å². The van der Waals surface area contributed by atoms with Gasteiger partial charge in [0.15, 0.2) is 0 Å². The Kier molecular flexibility index (Phi) is 3.92. The predicted molar refractivity (Wildman–Crippen MR) is 71.7 cm³/mol. The second kappa shape index (κ2) is 5.48. The van der Waals surface area contributed by atoms with Crippen molar-refractivity contribution in [1.29, 1.82) is 0 Å². The largest absolute Gasteiger partial charge is 0.375 e. The lowest BCUT2D eigenvalue weighted by molar-refractivity contribution is -0.153. The summed E-state index contributed by atoms with van der Waals surface area (Å²) in [5.74, 6) is 0.702. The maximum atomic E-state index is 6.39. The molecule has 0 radical (unpaired) electrons. The highest BCUT2D eigenvalue weighted by atomic mass is 16.5. The van der Waals surface area contributed by atoms with E-state index in [1.807, 2.05) is 0 Å². The Hall–Kier alpha value is -0.120. The molecule has 3 nitrogen and oxygen atoms in total. The molecular formula is C15H27NO2. The molecule has 104 valence electrons. The van der Waals surface area contributed by atoms with Crippen LogP contribution in [0.2, 0.25) is 0 Å². The van der Waals surface area contributed by atoms with Crippen molar-refractivity contribution in [3.8, 4) is 0 Å². The van der Waals surface area contributed by atoms with Crippen LogP contribution in [0, 0.1) is 5.92 Å². The van der Waals surface area contributed by atoms with Gasteiger partial charge in [0, 0.05) is 19.6 Å². The third kappa shape index (κ3) is 2.73. The zero-order valence-electron chi connectivity index (χ0n) is 11.6. The summed E-state index contributed by atoms with van der Waals surface area (Å²) in [6.07, 6.45) is 9.52. The van der Waals surface area contributed by atoms with Gasteiger partial charge in [0.2, 0.25) is 0 Å². The number of rotatable bonds is 2. The number of nitrogens with one attached hydrogen (secondary N) is 1. The SMILES string of the molecule is CC1CCNCC1OC1CCOC2(CCCC2)C1. The molecule has 3 heteroatoms. The molecule has 0 amide bonds. The quantitative estimate of drug-likeness (QED) is 0.820. The Morgan fingerprint density at radius 3 is 2.83 bits per heavy atom. The van der Waals surface area contributed by atoms with Crippen molar-refractivity contribution < 1.29 is 9.47 Å². The van der Waals surface area contributed by atoms with E-state index in [9.17, 15) is 0 Å². The first-order valence-electron chi connectivity index (χ1n) is 7.78. The van der Waals surface area contributed by atoms with E-state index in [4.69, 9.17) is 9.47 Å². The van der Waals surface area contributed by atoms with Gasteiger partial charge in [-0.15, -0.1) is 0 Å². The van der Waals surface area contributed by atoms with E-state index in [2.05, 4.69) is 12.2 Å². The Bertz CT molecular complexity index is 276. The van der Waals surface area contributed by atoms with Gasteiger partial charge < -0.3 is 14.8 Å². The van der Waals surface area contributed by atoms with Crippen LogP contribution in [0.1, 0.15) is 51.9 Å². The normalized spacial score (nSPS) is 40.2. The van der Waals surface area contributed by atoms with E-state index in [1.54, 1.807) is 0 Å². The monoisotopic (exact) mass is 253 g/mol. The maximum Gasteiger partial charge on any atom is 0.0729 e. The molecule has 2 aliphatic heterocycles. The highest BCUT2D eigenvalue weighted by Gasteiger charge is 2.41. The summed E-state index contributed by atoms with van der Waals surface area (Å²) in [5, 5.41) is 3.46. The van der Waals surface area contributed by atoms with Crippen LogP contribution in [0.4, 0.5) is 0 Å². The Morgan fingerprint density at radius 1 is 1.22 bits per heavy atom. The molecule has 0 aromatic carbocycles. The van der Waals surface area contributed by atoms with Gasteiger partial charge in [0.25, 0.3) is 0 Å². The topological polar surface area (TPSA) is 30.5 Å². The lowest BCUT2D eigenvalue weighted by Crippen LogP contribution is -2.47. The van der Waals surface area contributed by atoms with E-state index in [1.165, 1.54) is 32.1 Å². The second-order valence-electron chi connectivity index (χ2n) is 6.50. The molecule has 3 atom stereocenters. The van der Waals surface area contributed by atoms with Gasteiger partial charge in [-0.1, -0.05) is 19.8 Å². The zero-order valence-corrected chi connectivity index (χ0v) is 11.6. The van der Waals surface area contributed by atoms with Crippen LogP contribution < -0.4 is 5.32 Å². The highest BCUT2D eigenvalue weighted by Crippen LogP contribution is 2.41. The van der Waals surface area contributed by atoms with Crippen LogP contribution in [0.3, 0.4) is 0 Å². The average molecular weight is 253 g/mol. The molecule has 2 saturated heterocycles. The van der Waals surface area contributed by atoms with Gasteiger partial charge in [0.05, 0.1) is 17.8 Å². The first kappa shape index (κ1) is 12.9. The van der Waals surface area contributed by atoms with Gasteiger partial charge in [-0.2, -0.15) is 0 Å². The molecule has 3 rings (SSSR count). The number of hydrogen-bond acceptors (Lipinski definition) is 3. The van der Waals surface area contributed by atoms with Crippen molar-refractivity contribution in [1.82, 2.24) is 5.32 Å². The standard InChI is InChI=1S/C15H27NO2/c1-12-4-8-16-11-14(12)18-13-5-9-17-15(10-13)6-2-3-7-15/h12-14,16H,2-11H2,1H3. The van der Waals surface area contributed by atoms with Gasteiger partial charge in [-0.25, -0.2) is 0 Å². The predicted octanol–water partition coefficient (Wildman–Crippen LogP) is 2.49. The van der Waals surface area contributed by atoms with Crippen LogP contribution >= 0.6 is 0 Å². The second-order valence-corrected chi connectivity index (χ2v) is 6.50. The minimum Gasteiger partial charge on any atom is -0.375 e. The van der Waals surface area contributed by atoms with Crippen LogP contribution in [-0.2, 0) is 9.47 Å². The molecule has 1 spiro atoms. The molecule has 0 aromatic heterocycles. The molecule has 0 bridgehead atoms. The van der Waals surface area contributed by atoms with Crippen molar-refractivity contribution in [3.63, 3.8) is 0 Å². The fraction of sp³-hybridized carbons (Fsp3) is 1.00. The number of ether oxygens (including phenoxy) is 2. The lowest BCUT2D eigenvalue weighted by atomic mass is 9.89. The minimum atomic E-state index is 0.189. The Morgan fingerprint density at radius 2 is 2.06 bits per heavy atom. The molecular weight excluding hydrogens is 226 g/mol. The first-order chi connectivity index (χ1) is 8.77. The smallest absolute Gasteiger partial charge is 0.0729 e. The summed E-state index contributed by atoms with van der Waals surface area (Å²) < 4.78 is 12.5. The third-order valence-electron chi connectivity index (χ3n) is 5.09. The van der Waals surface area contributed by atoms with E-state index in [-0.39, 0.29) is 5.60 Å². The molecule has 3 aliphatic rings. The Balaban J connectivity index is 1.55. The van der Waals surface area contributed by atoms with E-state index in [0.29, 0.717) is 18.1 Å². The summed E-state index contributed by atoms with van der Waals surface area (Å²) >= 11 is 0. The Labute approximate surface area is 111 Å². The maximum absolute atomic E-state index is 6.39. The third-order valence-corrected chi connectivity index (χ3v) is 5.09. The number of hydrogen-bond donors (Lipinski definition) is 1. The fourth-order valence-corrected chi connectivity index (χ4v) is 3.86. The van der Waals surface area contributed by atoms with Crippen molar-refractivity contribution >= 4 is 0 Å². The first-order valence-corrected chi connectivity index (χ1v) is 7.78. The van der Waals surface area contributed by atoms with Gasteiger partial charge in [-0.05, 0) is 38.1 Å². The van der Waals surface area contributed by atoms with Crippen molar-refractivity contribution in [2.75, 3.05) is 19.7 Å². The number of piperidine rings is 1. The van der Waals surface area contributed by atoms with Crippen molar-refractivity contribution in [2.24, 2.45) is 5.92 Å². The molecule has 2 heterocycles. The lowest BCUT2D eigenvalue weighted by Gasteiger charge is -2.41. The average Bonchev–Trinajstić information content (AvgIpc) is 2.80. The molecule has 0 aromatic rings. The summed E-state index contributed by atoms with van der Waals surface area (Å²) in [6, 6.07) is 0. The van der Waals surface area contributed by atoms with Gasteiger partial charge >= 0.3 is 0 Å². The summed E-state index contributed by atoms with van der Waals surface area (Å²) in [5.41, 5.74) is 0.189. The zero-order chi connectivity index (χ0) is 12.4. The molecule has 1 N–H and O–H groups in total. The van der Waals surface area contributed by atoms with Crippen molar-refractivity contribution in [3.05, 3.63) is 0 Å². The van der Waals surface area contributed by atoms with E-state index in [0.717, 1.165) is 32.5 Å². The van der Waals surface area contributed by atoms with Gasteiger partial charge in [-0.3, -0.25) is 0 Å². The van der Waals surface area contributed by atoms with E-state index >= 15 is 0 Å². The molecule has 3 fully saturated rings. The summed E-state index contributed by atoms with van der Waals surface area (Å²) in [7, 11) is 0. The molecule has 1 saturated carbocycles. The molecule has 1 aliphatic carbocycles. The van der Waals surface area contributed by atoms with Crippen LogP contribution in [-0.4, -0.2) is 37.5 Å². The molecule has 18 heavy (non-hydrogen) atoms. The van der Waals surface area contributed by atoms with E-state index < -0.39 is 0 Å². The van der Waals surface area contributed by atoms with Crippen molar-refractivity contribution in [2.45, 2.75) is 69.7 Å². The highest BCUT2D eigenvalue weighted by molar-refractivity contribution is 4.92. The summed E-state index contributed by atoms with van der Waals surface area (Å²) in [6.45, 7) is 5.42. The fourth-order valence-electron chi connectivity index (χ4n) is 3.86. The summed E-state index contributed by atoms with van der Waals surface area (Å²) in [4.78, 5) is 0. The van der Waals surface area contributed by atoms with Crippen LogP contribution in [0.5, 0.6) is 0 Å². The van der Waals surface area contributed by atoms with Crippen LogP contribution in [0.25, 0.3) is 0 Å². The van der Waals surface area contributed by atoms with Gasteiger partial charge in [0.1, 0.15) is 0 Å².